The van der Waals surface area contributed by atoms with E-state index < -0.39 is 6.04 Å². The number of aryl methyl sites for hydroxylation is 2. The second-order valence-corrected chi connectivity index (χ2v) is 7.62. The summed E-state index contributed by atoms with van der Waals surface area (Å²) in [4.78, 5) is 14.7. The number of aromatic amines is 1. The molecule has 4 N–H and O–H groups in total. The first kappa shape index (κ1) is 20.7. The van der Waals surface area contributed by atoms with Crippen molar-refractivity contribution in [1.82, 2.24) is 15.1 Å². The number of aromatic hydroxyl groups is 2. The predicted molar refractivity (Wildman–Crippen MR) is 114 cm³/mol. The zero-order chi connectivity index (χ0) is 22.3. The van der Waals surface area contributed by atoms with E-state index in [0.717, 1.165) is 5.56 Å². The lowest BCUT2D eigenvalue weighted by Crippen LogP contribution is -2.32. The normalized spacial score (nSPS) is 15.4. The Balaban J connectivity index is 1.93. The number of amides is 1. The highest BCUT2D eigenvalue weighted by molar-refractivity contribution is 6.00. The number of phenols is 2. The van der Waals surface area contributed by atoms with E-state index in [9.17, 15) is 20.1 Å². The summed E-state index contributed by atoms with van der Waals surface area (Å²) < 4.78 is 5.53. The van der Waals surface area contributed by atoms with Gasteiger partial charge in [-0.3, -0.25) is 9.89 Å². The first-order valence-electron chi connectivity index (χ1n) is 10.1. The summed E-state index contributed by atoms with van der Waals surface area (Å²) in [7, 11) is 0. The number of ether oxygens (including phenoxy) is 1. The summed E-state index contributed by atoms with van der Waals surface area (Å²) in [5.41, 5.74) is 4.31. The van der Waals surface area contributed by atoms with Gasteiger partial charge in [0.1, 0.15) is 17.1 Å². The third-order valence-electron chi connectivity index (χ3n) is 5.50. The second-order valence-electron chi connectivity index (χ2n) is 7.62. The van der Waals surface area contributed by atoms with Crippen molar-refractivity contribution in [3.8, 4) is 28.5 Å². The molecule has 31 heavy (non-hydrogen) atoms. The molecule has 1 atom stereocenters. The number of hydrogen-bond acceptors (Lipinski definition) is 6. The largest absolute Gasteiger partial charge is 0.507 e. The molecule has 0 spiro atoms. The van der Waals surface area contributed by atoms with Crippen LogP contribution in [0.15, 0.2) is 30.3 Å². The SMILES string of the molecule is CCOc1cc(C2c3c(-c4cc(C)cc(C)c4O)n[nH]c3C(=O)N2CCO)ccc1O. The van der Waals surface area contributed by atoms with Gasteiger partial charge in [0.05, 0.1) is 19.3 Å². The van der Waals surface area contributed by atoms with E-state index in [1.807, 2.05) is 32.9 Å². The number of benzene rings is 2. The van der Waals surface area contributed by atoms with Crippen molar-refractivity contribution in [2.24, 2.45) is 0 Å². The predicted octanol–water partition coefficient (Wildman–Crippen LogP) is 3.04. The van der Waals surface area contributed by atoms with Crippen LogP contribution in [-0.2, 0) is 0 Å². The molecule has 1 aliphatic heterocycles. The van der Waals surface area contributed by atoms with Gasteiger partial charge in [0.25, 0.3) is 5.91 Å². The standard InChI is InChI=1S/C23H25N3O5/c1-4-31-17-11-14(5-6-16(17)28)21-18-19(15-10-12(2)9-13(3)22(15)29)24-25-20(18)23(30)26(21)7-8-27/h5-6,9-11,21,27-29H,4,7-8H2,1-3H3,(H,24,25). The Labute approximate surface area is 179 Å². The summed E-state index contributed by atoms with van der Waals surface area (Å²) in [6.45, 7) is 5.85. The number of phenolic OH excluding ortho intramolecular Hbond substituents is 2. The van der Waals surface area contributed by atoms with Crippen molar-refractivity contribution in [1.29, 1.82) is 0 Å². The summed E-state index contributed by atoms with van der Waals surface area (Å²) in [6.07, 6.45) is 0. The number of fused-ring (bicyclic) bond motifs is 1. The Hall–Kier alpha value is -3.52. The number of nitrogens with one attached hydrogen (secondary N) is 1. The highest BCUT2D eigenvalue weighted by atomic mass is 16.5. The molecule has 1 amide bonds. The van der Waals surface area contributed by atoms with Crippen molar-refractivity contribution >= 4 is 5.91 Å². The van der Waals surface area contributed by atoms with E-state index in [-0.39, 0.29) is 30.6 Å². The zero-order valence-electron chi connectivity index (χ0n) is 17.6. The highest BCUT2D eigenvalue weighted by Gasteiger charge is 2.42. The molecule has 0 aliphatic carbocycles. The molecule has 1 unspecified atom stereocenters. The van der Waals surface area contributed by atoms with Crippen LogP contribution in [0.1, 0.15) is 45.7 Å². The van der Waals surface area contributed by atoms with Crippen molar-refractivity contribution < 1.29 is 24.9 Å². The van der Waals surface area contributed by atoms with Crippen molar-refractivity contribution in [2.75, 3.05) is 19.8 Å². The molecule has 2 heterocycles. The Morgan fingerprint density at radius 1 is 1.19 bits per heavy atom. The minimum atomic E-state index is -0.566. The van der Waals surface area contributed by atoms with Crippen LogP contribution in [0, 0.1) is 13.8 Å². The number of H-pyrrole nitrogens is 1. The Bertz CT molecular complexity index is 1150. The highest BCUT2D eigenvalue weighted by Crippen LogP contribution is 2.46. The lowest BCUT2D eigenvalue weighted by atomic mass is 9.94. The Kier molecular flexibility index (Phi) is 5.32. The maximum Gasteiger partial charge on any atom is 0.273 e. The fourth-order valence-corrected chi connectivity index (χ4v) is 4.20. The first-order valence-corrected chi connectivity index (χ1v) is 10.1. The lowest BCUT2D eigenvalue weighted by Gasteiger charge is -2.26. The number of nitrogens with zero attached hydrogens (tertiary/aromatic N) is 2. The topological polar surface area (TPSA) is 119 Å². The minimum Gasteiger partial charge on any atom is -0.507 e. The van der Waals surface area contributed by atoms with E-state index >= 15 is 0 Å². The van der Waals surface area contributed by atoms with E-state index in [1.54, 1.807) is 17.0 Å². The number of aromatic nitrogens is 2. The van der Waals surface area contributed by atoms with E-state index in [4.69, 9.17) is 4.74 Å². The van der Waals surface area contributed by atoms with Gasteiger partial charge in [0.2, 0.25) is 0 Å². The van der Waals surface area contributed by atoms with Gasteiger partial charge in [0, 0.05) is 17.7 Å². The molecular formula is C23H25N3O5. The number of β-amino-alcohol motifs (C(OH)–C–C–N with tert-alkyl or cyclic N) is 1. The third kappa shape index (κ3) is 3.38. The van der Waals surface area contributed by atoms with Gasteiger partial charge in [-0.2, -0.15) is 5.10 Å². The maximum absolute atomic E-state index is 13.1. The monoisotopic (exact) mass is 423 g/mol. The summed E-state index contributed by atoms with van der Waals surface area (Å²) >= 11 is 0. The molecule has 0 fully saturated rings. The average molecular weight is 423 g/mol. The molecule has 0 bridgehead atoms. The third-order valence-corrected chi connectivity index (χ3v) is 5.50. The quantitative estimate of drug-likeness (QED) is 0.484. The molecule has 8 nitrogen and oxygen atoms in total. The molecule has 0 radical (unpaired) electrons. The van der Waals surface area contributed by atoms with Crippen LogP contribution in [0.4, 0.5) is 0 Å². The van der Waals surface area contributed by atoms with Gasteiger partial charge in [-0.15, -0.1) is 0 Å². The van der Waals surface area contributed by atoms with Gasteiger partial charge < -0.3 is 25.0 Å². The molecule has 3 aromatic rings. The molecule has 2 aromatic carbocycles. The Morgan fingerprint density at radius 3 is 2.68 bits per heavy atom. The van der Waals surface area contributed by atoms with E-state index in [2.05, 4.69) is 10.2 Å². The number of rotatable bonds is 6. The molecule has 1 aliphatic rings. The number of carbonyl (C=O) groups is 1. The van der Waals surface area contributed by atoms with Crippen LogP contribution in [-0.4, -0.2) is 56.1 Å². The fourth-order valence-electron chi connectivity index (χ4n) is 4.20. The van der Waals surface area contributed by atoms with Crippen LogP contribution in [0.2, 0.25) is 0 Å². The number of hydrogen-bond donors (Lipinski definition) is 4. The molecule has 4 rings (SSSR count). The summed E-state index contributed by atoms with van der Waals surface area (Å²) in [5, 5.41) is 37.6. The van der Waals surface area contributed by atoms with Crippen LogP contribution in [0.3, 0.4) is 0 Å². The lowest BCUT2D eigenvalue weighted by molar-refractivity contribution is 0.0706. The van der Waals surface area contributed by atoms with Gasteiger partial charge in [-0.05, 0) is 55.7 Å². The van der Waals surface area contributed by atoms with E-state index in [0.29, 0.717) is 46.0 Å². The van der Waals surface area contributed by atoms with Gasteiger partial charge in [-0.25, -0.2) is 0 Å². The van der Waals surface area contributed by atoms with Gasteiger partial charge in [-0.1, -0.05) is 12.1 Å². The van der Waals surface area contributed by atoms with Crippen molar-refractivity contribution in [3.63, 3.8) is 0 Å². The van der Waals surface area contributed by atoms with Crippen LogP contribution >= 0.6 is 0 Å². The number of aliphatic hydroxyl groups excluding tert-OH is 1. The average Bonchev–Trinajstić information content (AvgIpc) is 3.27. The first-order chi connectivity index (χ1) is 14.9. The van der Waals surface area contributed by atoms with Gasteiger partial charge >= 0.3 is 0 Å². The molecule has 0 saturated heterocycles. The molecule has 8 heteroatoms. The van der Waals surface area contributed by atoms with Crippen molar-refractivity contribution in [2.45, 2.75) is 26.8 Å². The number of aliphatic hydroxyl groups is 1. The van der Waals surface area contributed by atoms with Crippen LogP contribution < -0.4 is 4.74 Å². The summed E-state index contributed by atoms with van der Waals surface area (Å²) in [6, 6.07) is 8.07. The molecule has 162 valence electrons. The summed E-state index contributed by atoms with van der Waals surface area (Å²) in [5.74, 6) is 0.127. The second kappa shape index (κ2) is 7.96. The van der Waals surface area contributed by atoms with Crippen molar-refractivity contribution in [3.05, 3.63) is 58.3 Å². The fraction of sp³-hybridized carbons (Fsp3) is 0.304. The molecular weight excluding hydrogens is 398 g/mol. The minimum absolute atomic E-state index is 0.00299. The number of carbonyl (C=O) groups excluding carboxylic acids is 1. The molecule has 0 saturated carbocycles. The zero-order valence-corrected chi connectivity index (χ0v) is 17.6. The van der Waals surface area contributed by atoms with Gasteiger partial charge in [0.15, 0.2) is 11.5 Å². The smallest absolute Gasteiger partial charge is 0.273 e. The van der Waals surface area contributed by atoms with E-state index in [1.165, 1.54) is 6.07 Å². The molecule has 1 aromatic heterocycles. The van der Waals surface area contributed by atoms with Crippen LogP contribution in [0.25, 0.3) is 11.3 Å². The van der Waals surface area contributed by atoms with Crippen LogP contribution in [0.5, 0.6) is 17.2 Å². The maximum atomic E-state index is 13.1. The Morgan fingerprint density at radius 2 is 1.97 bits per heavy atom.